The van der Waals surface area contributed by atoms with Gasteiger partial charge in [-0.05, 0) is 38.3 Å². The first-order chi connectivity index (χ1) is 13.1. The predicted molar refractivity (Wildman–Crippen MR) is 127 cm³/mol. The third-order valence-electron chi connectivity index (χ3n) is 5.22. The van der Waals surface area contributed by atoms with Crippen molar-refractivity contribution < 1.29 is 0 Å². The lowest BCUT2D eigenvalue weighted by Gasteiger charge is -2.22. The summed E-state index contributed by atoms with van der Waals surface area (Å²) in [7, 11) is 0. The van der Waals surface area contributed by atoms with Crippen LogP contribution in [-0.2, 0) is 6.54 Å². The average molecular weight is 496 g/mol. The first kappa shape index (κ1) is 22.7. The smallest absolute Gasteiger partial charge is 0.191 e. The fourth-order valence-corrected chi connectivity index (χ4v) is 3.57. The zero-order valence-electron chi connectivity index (χ0n) is 17.3. The van der Waals surface area contributed by atoms with Crippen molar-refractivity contribution in [3.05, 3.63) is 48.5 Å². The Morgan fingerprint density at radius 3 is 2.71 bits per heavy atom. The van der Waals surface area contributed by atoms with Gasteiger partial charge in [-0.3, -0.25) is 4.90 Å². The van der Waals surface area contributed by atoms with Gasteiger partial charge in [0.15, 0.2) is 5.96 Å². The minimum Gasteiger partial charge on any atom is -0.357 e. The van der Waals surface area contributed by atoms with E-state index in [1.54, 1.807) is 6.20 Å². The topological polar surface area (TPSA) is 57.5 Å². The Kier molecular flexibility index (Phi) is 8.75. The van der Waals surface area contributed by atoms with E-state index in [9.17, 15) is 0 Å². The minimum atomic E-state index is 0. The highest BCUT2D eigenvalue weighted by Crippen LogP contribution is 2.19. The molecule has 0 amide bonds. The number of halogens is 1. The molecule has 0 spiro atoms. The maximum absolute atomic E-state index is 4.86. The van der Waals surface area contributed by atoms with Crippen LogP contribution in [0.15, 0.2) is 48.0 Å². The fourth-order valence-electron chi connectivity index (χ4n) is 3.57. The highest BCUT2D eigenvalue weighted by atomic mass is 127. The second kappa shape index (κ2) is 10.8. The summed E-state index contributed by atoms with van der Waals surface area (Å²) >= 11 is 0. The van der Waals surface area contributed by atoms with Crippen LogP contribution in [-0.4, -0.2) is 52.1 Å². The molecule has 2 atom stereocenters. The van der Waals surface area contributed by atoms with E-state index in [0.29, 0.717) is 24.5 Å². The van der Waals surface area contributed by atoms with Gasteiger partial charge in [-0.1, -0.05) is 25.1 Å². The quantitative estimate of drug-likeness (QED) is 0.366. The number of aromatic nitrogens is 2. The van der Waals surface area contributed by atoms with Gasteiger partial charge in [0.25, 0.3) is 0 Å². The summed E-state index contributed by atoms with van der Waals surface area (Å²) in [5.74, 6) is 1.50. The molecule has 0 aliphatic carbocycles. The summed E-state index contributed by atoms with van der Waals surface area (Å²) in [6.45, 7) is 12.6. The Morgan fingerprint density at radius 2 is 2.07 bits per heavy atom. The molecule has 1 aliphatic rings. The van der Waals surface area contributed by atoms with Crippen molar-refractivity contribution >= 4 is 29.9 Å². The number of para-hydroxylation sites is 1. The van der Waals surface area contributed by atoms with E-state index in [0.717, 1.165) is 31.3 Å². The summed E-state index contributed by atoms with van der Waals surface area (Å²) in [5, 5.41) is 7.05. The number of guanidine groups is 1. The maximum atomic E-state index is 4.86. The molecule has 7 heteroatoms. The van der Waals surface area contributed by atoms with Gasteiger partial charge in [0.05, 0.1) is 18.6 Å². The van der Waals surface area contributed by atoms with Crippen molar-refractivity contribution in [2.45, 2.75) is 46.3 Å². The monoisotopic (exact) mass is 496 g/mol. The SMILES string of the molecule is CCNC(=NCc1ccccc1-n1ccnc1)NC1CN(C(C)C)CC1C.I. The lowest BCUT2D eigenvalue weighted by atomic mass is 10.1. The summed E-state index contributed by atoms with van der Waals surface area (Å²) < 4.78 is 2.03. The zero-order chi connectivity index (χ0) is 19.2. The number of aliphatic imine (C=N–C) groups is 1. The lowest BCUT2D eigenvalue weighted by molar-refractivity contribution is 0.265. The third kappa shape index (κ3) is 5.70. The van der Waals surface area contributed by atoms with E-state index in [-0.39, 0.29) is 24.0 Å². The molecule has 2 unspecified atom stereocenters. The van der Waals surface area contributed by atoms with Crippen LogP contribution >= 0.6 is 24.0 Å². The van der Waals surface area contributed by atoms with Crippen molar-refractivity contribution in [3.8, 4) is 5.69 Å². The normalized spacial score (nSPS) is 20.2. The van der Waals surface area contributed by atoms with Gasteiger partial charge < -0.3 is 15.2 Å². The number of hydrogen-bond acceptors (Lipinski definition) is 3. The number of benzene rings is 1. The van der Waals surface area contributed by atoms with Crippen LogP contribution < -0.4 is 10.6 Å². The molecule has 0 saturated carbocycles. The van der Waals surface area contributed by atoms with Crippen molar-refractivity contribution in [1.29, 1.82) is 0 Å². The van der Waals surface area contributed by atoms with Crippen molar-refractivity contribution in [1.82, 2.24) is 25.1 Å². The molecule has 1 aliphatic heterocycles. The second-order valence-electron chi connectivity index (χ2n) is 7.57. The van der Waals surface area contributed by atoms with Gasteiger partial charge in [-0.2, -0.15) is 0 Å². The summed E-state index contributed by atoms with van der Waals surface area (Å²) in [4.78, 5) is 11.6. The molecule has 2 heterocycles. The van der Waals surface area contributed by atoms with Gasteiger partial charge in [0, 0.05) is 44.1 Å². The Labute approximate surface area is 185 Å². The molecule has 1 saturated heterocycles. The molecule has 3 rings (SSSR count). The number of imidazole rings is 1. The Balaban J connectivity index is 0.00000280. The molecule has 1 aromatic carbocycles. The Bertz CT molecular complexity index is 743. The molecule has 28 heavy (non-hydrogen) atoms. The van der Waals surface area contributed by atoms with Gasteiger partial charge in [0.1, 0.15) is 0 Å². The average Bonchev–Trinajstić information content (AvgIpc) is 3.31. The third-order valence-corrected chi connectivity index (χ3v) is 5.22. The van der Waals surface area contributed by atoms with Crippen LogP contribution in [0.3, 0.4) is 0 Å². The largest absolute Gasteiger partial charge is 0.357 e. The second-order valence-corrected chi connectivity index (χ2v) is 7.57. The van der Waals surface area contributed by atoms with E-state index >= 15 is 0 Å². The number of hydrogen-bond donors (Lipinski definition) is 2. The molecule has 154 valence electrons. The molecule has 2 N–H and O–H groups in total. The standard InChI is InChI=1S/C21H32N6.HI/c1-5-23-21(25-19-14-27(16(2)3)13-17(19)4)24-12-18-8-6-7-9-20(18)26-11-10-22-15-26;/h6-11,15-17,19H,5,12-14H2,1-4H3,(H2,23,24,25);1H. The highest BCUT2D eigenvalue weighted by molar-refractivity contribution is 14.0. The van der Waals surface area contributed by atoms with E-state index in [2.05, 4.69) is 66.4 Å². The molecule has 6 nitrogen and oxygen atoms in total. The number of likely N-dealkylation sites (tertiary alicyclic amines) is 1. The number of rotatable bonds is 6. The molecule has 0 bridgehead atoms. The lowest BCUT2D eigenvalue weighted by Crippen LogP contribution is -2.46. The maximum Gasteiger partial charge on any atom is 0.191 e. The summed E-state index contributed by atoms with van der Waals surface area (Å²) in [6.07, 6.45) is 5.59. The minimum absolute atomic E-state index is 0. The number of nitrogens with zero attached hydrogens (tertiary/aromatic N) is 4. The van der Waals surface area contributed by atoms with Crippen molar-refractivity contribution in [2.24, 2.45) is 10.9 Å². The first-order valence-corrected chi connectivity index (χ1v) is 9.93. The fraction of sp³-hybridized carbons (Fsp3) is 0.524. The van der Waals surface area contributed by atoms with Crippen LogP contribution in [0.1, 0.15) is 33.3 Å². The van der Waals surface area contributed by atoms with E-state index in [1.165, 1.54) is 5.56 Å². The molecule has 1 fully saturated rings. The first-order valence-electron chi connectivity index (χ1n) is 9.93. The molecular formula is C21H33IN6. The van der Waals surface area contributed by atoms with E-state index < -0.39 is 0 Å². The van der Waals surface area contributed by atoms with Crippen LogP contribution in [0.2, 0.25) is 0 Å². The summed E-state index contributed by atoms with van der Waals surface area (Å²) in [5.41, 5.74) is 2.30. The molecule has 1 aromatic heterocycles. The van der Waals surface area contributed by atoms with Crippen molar-refractivity contribution in [3.63, 3.8) is 0 Å². The number of nitrogens with one attached hydrogen (secondary N) is 2. The van der Waals surface area contributed by atoms with Crippen LogP contribution in [0, 0.1) is 5.92 Å². The highest BCUT2D eigenvalue weighted by Gasteiger charge is 2.31. The van der Waals surface area contributed by atoms with Gasteiger partial charge >= 0.3 is 0 Å². The van der Waals surface area contributed by atoms with Crippen LogP contribution in [0.5, 0.6) is 0 Å². The Hall–Kier alpha value is -1.61. The zero-order valence-corrected chi connectivity index (χ0v) is 19.6. The molecule has 0 radical (unpaired) electrons. The predicted octanol–water partition coefficient (Wildman–Crippen LogP) is 3.27. The van der Waals surface area contributed by atoms with E-state index in [1.807, 2.05) is 23.2 Å². The summed E-state index contributed by atoms with van der Waals surface area (Å²) in [6, 6.07) is 9.35. The molecular weight excluding hydrogens is 463 g/mol. The van der Waals surface area contributed by atoms with Gasteiger partial charge in [-0.15, -0.1) is 24.0 Å². The van der Waals surface area contributed by atoms with Gasteiger partial charge in [-0.25, -0.2) is 9.98 Å². The Morgan fingerprint density at radius 1 is 1.29 bits per heavy atom. The van der Waals surface area contributed by atoms with Crippen molar-refractivity contribution in [2.75, 3.05) is 19.6 Å². The van der Waals surface area contributed by atoms with Gasteiger partial charge in [0.2, 0.25) is 0 Å². The van der Waals surface area contributed by atoms with Crippen LogP contribution in [0.25, 0.3) is 5.69 Å². The molecule has 2 aromatic rings. The van der Waals surface area contributed by atoms with E-state index in [4.69, 9.17) is 4.99 Å². The van der Waals surface area contributed by atoms with Crippen LogP contribution in [0.4, 0.5) is 0 Å².